The minimum Gasteiger partial charge on any atom is -0.508 e. The van der Waals surface area contributed by atoms with Gasteiger partial charge in [-0.15, -0.1) is 0 Å². The first-order valence-corrected chi connectivity index (χ1v) is 7.97. The summed E-state index contributed by atoms with van der Waals surface area (Å²) in [7, 11) is 0. The second-order valence-electron chi connectivity index (χ2n) is 6.63. The number of nitrogens with one attached hydrogen (secondary N) is 1. The molecule has 5 heteroatoms. The lowest BCUT2D eigenvalue weighted by molar-refractivity contribution is 0.476. The first-order chi connectivity index (χ1) is 12.0. The van der Waals surface area contributed by atoms with Gasteiger partial charge in [0, 0.05) is 16.3 Å². The van der Waals surface area contributed by atoms with Gasteiger partial charge in [0.25, 0.3) is 0 Å². The Hall–Kier alpha value is -3.39. The van der Waals surface area contributed by atoms with E-state index in [0.29, 0.717) is 0 Å². The zero-order valence-corrected chi connectivity index (χ0v) is 13.9. The van der Waals surface area contributed by atoms with Crippen molar-refractivity contribution in [2.24, 2.45) is 0 Å². The summed E-state index contributed by atoms with van der Waals surface area (Å²) in [6.07, 6.45) is 1.75. The number of aromatic amines is 1. The number of hydrogen-bond acceptors (Lipinski definition) is 4. The number of aromatic hydroxyl groups is 1. The van der Waals surface area contributed by atoms with Crippen LogP contribution in [0, 0.1) is 11.3 Å². The van der Waals surface area contributed by atoms with Gasteiger partial charge in [0.05, 0.1) is 28.7 Å². The lowest BCUT2D eigenvalue weighted by atomic mass is 9.86. The average molecular weight is 328 g/mol. The Balaban J connectivity index is 1.93. The van der Waals surface area contributed by atoms with Crippen LogP contribution in [0.4, 0.5) is 0 Å². The van der Waals surface area contributed by atoms with Gasteiger partial charge in [0.1, 0.15) is 11.4 Å². The molecule has 4 rings (SSSR count). The van der Waals surface area contributed by atoms with Crippen LogP contribution in [0.3, 0.4) is 0 Å². The van der Waals surface area contributed by atoms with Gasteiger partial charge in [0.2, 0.25) is 0 Å². The summed E-state index contributed by atoms with van der Waals surface area (Å²) < 4.78 is 0. The van der Waals surface area contributed by atoms with E-state index < -0.39 is 5.41 Å². The Morgan fingerprint density at radius 3 is 2.60 bits per heavy atom. The maximum atomic E-state index is 9.85. The number of phenols is 1. The molecule has 122 valence electrons. The van der Waals surface area contributed by atoms with Gasteiger partial charge in [-0.3, -0.25) is 10.1 Å². The molecular formula is C20H16N4O. The van der Waals surface area contributed by atoms with Crippen LogP contribution in [0.25, 0.3) is 33.1 Å². The fourth-order valence-electron chi connectivity index (χ4n) is 3.01. The summed E-state index contributed by atoms with van der Waals surface area (Å²) >= 11 is 0. The smallest absolute Gasteiger partial charge is 0.116 e. The molecule has 5 nitrogen and oxygen atoms in total. The van der Waals surface area contributed by atoms with Crippen molar-refractivity contribution in [2.75, 3.05) is 0 Å². The van der Waals surface area contributed by atoms with E-state index in [1.54, 1.807) is 24.4 Å². The number of benzene rings is 2. The van der Waals surface area contributed by atoms with Crippen molar-refractivity contribution in [3.63, 3.8) is 0 Å². The highest BCUT2D eigenvalue weighted by Gasteiger charge is 2.20. The number of nitrogens with zero attached hydrogens (tertiary/aromatic N) is 3. The second-order valence-corrected chi connectivity index (χ2v) is 6.63. The first-order valence-electron chi connectivity index (χ1n) is 7.97. The van der Waals surface area contributed by atoms with E-state index in [-0.39, 0.29) is 5.75 Å². The van der Waals surface area contributed by atoms with Crippen LogP contribution in [0.1, 0.15) is 19.4 Å². The van der Waals surface area contributed by atoms with Gasteiger partial charge >= 0.3 is 0 Å². The molecule has 0 fully saturated rings. The van der Waals surface area contributed by atoms with Crippen molar-refractivity contribution in [3.8, 4) is 23.1 Å². The molecule has 0 aliphatic heterocycles. The average Bonchev–Trinajstić information content (AvgIpc) is 3.06. The van der Waals surface area contributed by atoms with Gasteiger partial charge in [0.15, 0.2) is 0 Å². The molecule has 25 heavy (non-hydrogen) atoms. The third kappa shape index (κ3) is 2.39. The number of aromatic nitrogens is 3. The highest BCUT2D eigenvalue weighted by Crippen LogP contribution is 2.34. The van der Waals surface area contributed by atoms with Crippen LogP contribution in [-0.4, -0.2) is 20.3 Å². The number of rotatable bonds is 2. The molecular weight excluding hydrogens is 312 g/mol. The van der Waals surface area contributed by atoms with Crippen molar-refractivity contribution >= 4 is 21.8 Å². The fraction of sp³-hybridized carbons (Fsp3) is 0.150. The van der Waals surface area contributed by atoms with Crippen LogP contribution in [0.5, 0.6) is 5.75 Å². The van der Waals surface area contributed by atoms with E-state index in [0.717, 1.165) is 38.6 Å². The predicted octanol–water partition coefficient (Wildman–Crippen LogP) is 4.28. The third-order valence-electron chi connectivity index (χ3n) is 4.54. The molecule has 0 saturated heterocycles. The third-order valence-corrected chi connectivity index (χ3v) is 4.54. The Bertz CT molecular complexity index is 1130. The van der Waals surface area contributed by atoms with Gasteiger partial charge in [-0.2, -0.15) is 10.4 Å². The summed E-state index contributed by atoms with van der Waals surface area (Å²) in [5.74, 6) is 0.195. The van der Waals surface area contributed by atoms with Crippen molar-refractivity contribution in [1.29, 1.82) is 5.26 Å². The van der Waals surface area contributed by atoms with Gasteiger partial charge in [-0.25, -0.2) is 0 Å². The van der Waals surface area contributed by atoms with Crippen molar-refractivity contribution in [2.45, 2.75) is 19.3 Å². The van der Waals surface area contributed by atoms with E-state index in [9.17, 15) is 10.4 Å². The standard InChI is InChI=1S/C20H16N4O/c1-20(2,11-21)13-5-3-12(4-6-13)19-18-15-9-14(25)7-8-16(15)22-10-17(18)23-24-19/h3-10,25H,1-2H3,(H,23,24). The molecule has 4 aromatic rings. The number of nitriles is 1. The zero-order chi connectivity index (χ0) is 17.6. The molecule has 0 radical (unpaired) electrons. The van der Waals surface area contributed by atoms with Crippen molar-refractivity contribution in [1.82, 2.24) is 15.2 Å². The fourth-order valence-corrected chi connectivity index (χ4v) is 3.01. The summed E-state index contributed by atoms with van der Waals surface area (Å²) in [5.41, 5.74) is 3.79. The van der Waals surface area contributed by atoms with Crippen molar-refractivity contribution in [3.05, 3.63) is 54.2 Å². The van der Waals surface area contributed by atoms with Crippen LogP contribution < -0.4 is 0 Å². The van der Waals surface area contributed by atoms with Crippen LogP contribution in [0.15, 0.2) is 48.7 Å². The van der Waals surface area contributed by atoms with E-state index >= 15 is 0 Å². The maximum Gasteiger partial charge on any atom is 0.116 e. The van der Waals surface area contributed by atoms with Crippen molar-refractivity contribution < 1.29 is 5.11 Å². The van der Waals surface area contributed by atoms with Crippen LogP contribution >= 0.6 is 0 Å². The normalized spacial score (nSPS) is 11.7. The molecule has 0 amide bonds. The van der Waals surface area contributed by atoms with E-state index in [2.05, 4.69) is 21.3 Å². The number of H-pyrrole nitrogens is 1. The summed E-state index contributed by atoms with van der Waals surface area (Å²) in [6, 6.07) is 15.3. The SMILES string of the molecule is CC(C)(C#N)c1ccc(-c2n[nH]c3cnc4ccc(O)cc4c23)cc1. The predicted molar refractivity (Wildman–Crippen MR) is 97.1 cm³/mol. The van der Waals surface area contributed by atoms with Gasteiger partial charge < -0.3 is 5.11 Å². The number of pyridine rings is 1. The first kappa shape index (κ1) is 15.2. The number of fused-ring (bicyclic) bond motifs is 3. The molecule has 0 aliphatic rings. The Morgan fingerprint density at radius 1 is 1.12 bits per heavy atom. The summed E-state index contributed by atoms with van der Waals surface area (Å²) in [5, 5.41) is 28.4. The second kappa shape index (κ2) is 5.32. The zero-order valence-electron chi connectivity index (χ0n) is 13.9. The molecule has 0 saturated carbocycles. The highest BCUT2D eigenvalue weighted by molar-refractivity contribution is 6.11. The summed E-state index contributed by atoms with van der Waals surface area (Å²) in [4.78, 5) is 4.40. The Labute approximate surface area is 144 Å². The summed E-state index contributed by atoms with van der Waals surface area (Å²) in [6.45, 7) is 3.79. The molecule has 0 unspecified atom stereocenters. The molecule has 2 aromatic carbocycles. The molecule has 2 N–H and O–H groups in total. The largest absolute Gasteiger partial charge is 0.508 e. The van der Waals surface area contributed by atoms with Gasteiger partial charge in [-0.1, -0.05) is 24.3 Å². The maximum absolute atomic E-state index is 9.85. The van der Waals surface area contributed by atoms with E-state index in [4.69, 9.17) is 0 Å². The molecule has 0 spiro atoms. The molecule has 2 aromatic heterocycles. The minimum atomic E-state index is -0.533. The molecule has 0 aliphatic carbocycles. The lowest BCUT2D eigenvalue weighted by Gasteiger charge is -2.15. The topological polar surface area (TPSA) is 85.6 Å². The van der Waals surface area contributed by atoms with E-state index in [1.807, 2.05) is 38.1 Å². The van der Waals surface area contributed by atoms with Crippen LogP contribution in [-0.2, 0) is 5.41 Å². The van der Waals surface area contributed by atoms with E-state index in [1.165, 1.54) is 0 Å². The molecule has 0 atom stereocenters. The van der Waals surface area contributed by atoms with Crippen LogP contribution in [0.2, 0.25) is 0 Å². The highest BCUT2D eigenvalue weighted by atomic mass is 16.3. The Kier molecular flexibility index (Phi) is 3.22. The monoisotopic (exact) mass is 328 g/mol. The lowest BCUT2D eigenvalue weighted by Crippen LogP contribution is -2.13. The quantitative estimate of drug-likeness (QED) is 0.575. The Morgan fingerprint density at radius 2 is 1.88 bits per heavy atom. The number of hydrogen-bond donors (Lipinski definition) is 2. The molecule has 2 heterocycles. The van der Waals surface area contributed by atoms with Gasteiger partial charge in [-0.05, 0) is 37.6 Å². The molecule has 0 bridgehead atoms. The minimum absolute atomic E-state index is 0.195. The number of phenolic OH excluding ortho intramolecular Hbond substituents is 1.